The van der Waals surface area contributed by atoms with Gasteiger partial charge >= 0.3 is 0 Å². The van der Waals surface area contributed by atoms with E-state index in [-0.39, 0.29) is 12.0 Å². The van der Waals surface area contributed by atoms with Crippen LogP contribution in [0, 0.1) is 5.82 Å². The van der Waals surface area contributed by atoms with E-state index in [1.54, 1.807) is 23.6 Å². The minimum absolute atomic E-state index is 0.0343. The number of hydrogen-bond donors (Lipinski definition) is 0. The van der Waals surface area contributed by atoms with E-state index in [0.717, 1.165) is 37.5 Å². The van der Waals surface area contributed by atoms with Crippen LogP contribution in [-0.2, 0) is 6.54 Å². The van der Waals surface area contributed by atoms with E-state index in [9.17, 15) is 4.39 Å². The molecule has 0 radical (unpaired) electrons. The summed E-state index contributed by atoms with van der Waals surface area (Å²) in [7, 11) is 0. The number of halogens is 1. The fourth-order valence-corrected chi connectivity index (χ4v) is 3.87. The Kier molecular flexibility index (Phi) is 4.22. The molecule has 2 aliphatic rings. The molecule has 1 aliphatic heterocycles. The van der Waals surface area contributed by atoms with Crippen LogP contribution in [-0.4, -0.2) is 39.3 Å². The molecule has 0 spiro atoms. The average Bonchev–Trinajstić information content (AvgIpc) is 3.32. The van der Waals surface area contributed by atoms with Crippen LogP contribution in [0.1, 0.15) is 41.6 Å². The first-order chi connectivity index (χ1) is 11.3. The number of piperidine rings is 1. The van der Waals surface area contributed by atoms with E-state index in [4.69, 9.17) is 4.74 Å². The van der Waals surface area contributed by atoms with Crippen LogP contribution < -0.4 is 4.74 Å². The summed E-state index contributed by atoms with van der Waals surface area (Å²) in [5.41, 5.74) is 0. The van der Waals surface area contributed by atoms with Crippen LogP contribution in [0.15, 0.2) is 18.3 Å². The zero-order chi connectivity index (χ0) is 15.6. The van der Waals surface area contributed by atoms with Gasteiger partial charge in [-0.3, -0.25) is 4.90 Å². The Labute approximate surface area is 138 Å². The molecule has 23 heavy (non-hydrogen) atoms. The Hall–Kier alpha value is -1.60. The van der Waals surface area contributed by atoms with Crippen molar-refractivity contribution in [1.82, 2.24) is 20.1 Å². The normalized spacial score (nSPS) is 19.9. The van der Waals surface area contributed by atoms with Gasteiger partial charge in [-0.1, -0.05) is 11.3 Å². The van der Waals surface area contributed by atoms with E-state index >= 15 is 0 Å². The lowest BCUT2D eigenvalue weighted by Crippen LogP contribution is -2.38. The molecular formula is C16H19FN4OS. The number of likely N-dealkylation sites (tertiary alicyclic amines) is 1. The Bertz CT molecular complexity index is 668. The summed E-state index contributed by atoms with van der Waals surface area (Å²) in [6.07, 6.45) is 5.88. The van der Waals surface area contributed by atoms with E-state index in [1.807, 2.05) is 0 Å². The fraction of sp³-hybridized carbons (Fsp3) is 0.562. The Balaban J connectivity index is 1.27. The number of rotatable bonds is 5. The second-order valence-electron chi connectivity index (χ2n) is 6.19. The molecular weight excluding hydrogens is 315 g/mol. The van der Waals surface area contributed by atoms with Gasteiger partial charge in [0.15, 0.2) is 5.82 Å². The second-order valence-corrected chi connectivity index (χ2v) is 7.29. The van der Waals surface area contributed by atoms with Gasteiger partial charge in [0, 0.05) is 25.2 Å². The molecule has 3 heterocycles. The van der Waals surface area contributed by atoms with Gasteiger partial charge < -0.3 is 4.74 Å². The zero-order valence-corrected chi connectivity index (χ0v) is 13.6. The van der Waals surface area contributed by atoms with Gasteiger partial charge in [-0.25, -0.2) is 9.37 Å². The molecule has 2 fully saturated rings. The lowest BCUT2D eigenvalue weighted by molar-refractivity contribution is 0.0895. The monoisotopic (exact) mass is 334 g/mol. The summed E-state index contributed by atoms with van der Waals surface area (Å²) < 4.78 is 19.3. The number of nitrogens with zero attached hydrogens (tertiary/aromatic N) is 4. The van der Waals surface area contributed by atoms with Crippen molar-refractivity contribution in [2.45, 2.75) is 44.2 Å². The van der Waals surface area contributed by atoms with Gasteiger partial charge in [0.2, 0.25) is 0 Å². The van der Waals surface area contributed by atoms with Gasteiger partial charge in [0.1, 0.15) is 16.1 Å². The largest absolute Gasteiger partial charge is 0.472 e. The highest BCUT2D eigenvalue weighted by molar-refractivity contribution is 7.11. The zero-order valence-electron chi connectivity index (χ0n) is 12.8. The lowest BCUT2D eigenvalue weighted by atomic mass is 10.1. The van der Waals surface area contributed by atoms with E-state index in [2.05, 4.69) is 20.1 Å². The maximum Gasteiger partial charge on any atom is 0.250 e. The SMILES string of the molecule is Fc1cccnc1OC1CCN(Cc2nnc(C3CC3)s2)CC1. The summed E-state index contributed by atoms with van der Waals surface area (Å²) in [4.78, 5) is 6.32. The van der Waals surface area contributed by atoms with Crippen molar-refractivity contribution >= 4 is 11.3 Å². The molecule has 0 atom stereocenters. The van der Waals surface area contributed by atoms with Crippen molar-refractivity contribution in [2.24, 2.45) is 0 Å². The molecule has 0 bridgehead atoms. The maximum atomic E-state index is 13.6. The molecule has 1 saturated heterocycles. The smallest absolute Gasteiger partial charge is 0.250 e. The van der Waals surface area contributed by atoms with Crippen LogP contribution >= 0.6 is 11.3 Å². The fourth-order valence-electron chi connectivity index (χ4n) is 2.82. The first-order valence-electron chi connectivity index (χ1n) is 8.10. The molecule has 7 heteroatoms. The second kappa shape index (κ2) is 6.49. The molecule has 122 valence electrons. The number of aromatic nitrogens is 3. The third kappa shape index (κ3) is 3.67. The van der Waals surface area contributed by atoms with Crippen LogP contribution in [0.3, 0.4) is 0 Å². The summed E-state index contributed by atoms with van der Waals surface area (Å²) in [6, 6.07) is 2.95. The molecule has 5 nitrogen and oxygen atoms in total. The highest BCUT2D eigenvalue weighted by Gasteiger charge is 2.28. The summed E-state index contributed by atoms with van der Waals surface area (Å²) >= 11 is 1.75. The van der Waals surface area contributed by atoms with Gasteiger partial charge in [-0.15, -0.1) is 10.2 Å². The number of ether oxygens (including phenoxy) is 1. The van der Waals surface area contributed by atoms with Crippen molar-refractivity contribution < 1.29 is 9.13 Å². The molecule has 0 amide bonds. The first-order valence-corrected chi connectivity index (χ1v) is 8.91. The highest BCUT2D eigenvalue weighted by atomic mass is 32.1. The third-order valence-corrected chi connectivity index (χ3v) is 5.38. The van der Waals surface area contributed by atoms with E-state index < -0.39 is 5.82 Å². The Morgan fingerprint density at radius 1 is 1.22 bits per heavy atom. The molecule has 2 aromatic rings. The average molecular weight is 334 g/mol. The van der Waals surface area contributed by atoms with Crippen LogP contribution in [0.2, 0.25) is 0 Å². The molecule has 1 aliphatic carbocycles. The van der Waals surface area contributed by atoms with Crippen molar-refractivity contribution in [1.29, 1.82) is 0 Å². The third-order valence-electron chi connectivity index (χ3n) is 4.31. The predicted octanol–water partition coefficient (Wildman–Crippen LogP) is 2.99. The summed E-state index contributed by atoms with van der Waals surface area (Å²) in [6.45, 7) is 2.71. The molecule has 4 rings (SSSR count). The van der Waals surface area contributed by atoms with E-state index in [1.165, 1.54) is 23.9 Å². The number of hydrogen-bond acceptors (Lipinski definition) is 6. The van der Waals surface area contributed by atoms with Crippen LogP contribution in [0.25, 0.3) is 0 Å². The van der Waals surface area contributed by atoms with Crippen molar-refractivity contribution in [2.75, 3.05) is 13.1 Å². The molecule has 0 aromatic carbocycles. The topological polar surface area (TPSA) is 51.1 Å². The Morgan fingerprint density at radius 3 is 2.78 bits per heavy atom. The molecule has 0 unspecified atom stereocenters. The van der Waals surface area contributed by atoms with E-state index in [0.29, 0.717) is 5.92 Å². The predicted molar refractivity (Wildman–Crippen MR) is 85.0 cm³/mol. The van der Waals surface area contributed by atoms with Gasteiger partial charge in [-0.05, 0) is 37.8 Å². The van der Waals surface area contributed by atoms with Gasteiger partial charge in [0.25, 0.3) is 5.88 Å². The van der Waals surface area contributed by atoms with Crippen molar-refractivity contribution in [3.63, 3.8) is 0 Å². The highest BCUT2D eigenvalue weighted by Crippen LogP contribution is 2.41. The Morgan fingerprint density at radius 2 is 2.04 bits per heavy atom. The maximum absolute atomic E-state index is 13.6. The minimum atomic E-state index is -0.392. The van der Waals surface area contributed by atoms with Crippen molar-refractivity contribution in [3.05, 3.63) is 34.2 Å². The summed E-state index contributed by atoms with van der Waals surface area (Å²) in [5.74, 6) is 0.397. The first kappa shape index (κ1) is 15.0. The van der Waals surface area contributed by atoms with Crippen LogP contribution in [0.5, 0.6) is 5.88 Å². The quantitative estimate of drug-likeness (QED) is 0.841. The van der Waals surface area contributed by atoms with Crippen molar-refractivity contribution in [3.8, 4) is 5.88 Å². The van der Waals surface area contributed by atoms with Gasteiger partial charge in [0.05, 0.1) is 6.54 Å². The van der Waals surface area contributed by atoms with Gasteiger partial charge in [-0.2, -0.15) is 0 Å². The molecule has 2 aromatic heterocycles. The standard InChI is InChI=1S/C16H19FN4OS/c17-13-2-1-7-18-15(13)22-12-5-8-21(9-6-12)10-14-19-20-16(23-14)11-3-4-11/h1-2,7,11-12H,3-6,8-10H2. The number of pyridine rings is 1. The summed E-state index contributed by atoms with van der Waals surface area (Å²) in [5, 5.41) is 10.9. The van der Waals surface area contributed by atoms with Crippen LogP contribution in [0.4, 0.5) is 4.39 Å². The molecule has 1 saturated carbocycles. The minimum Gasteiger partial charge on any atom is -0.472 e. The molecule has 0 N–H and O–H groups in total. The lowest BCUT2D eigenvalue weighted by Gasteiger charge is -2.31.